The van der Waals surface area contributed by atoms with Crippen molar-refractivity contribution in [1.29, 1.82) is 0 Å². The van der Waals surface area contributed by atoms with Crippen LogP contribution in [0, 0.1) is 17.0 Å². The molecule has 2 aromatic heterocycles. The molecule has 0 spiro atoms. The van der Waals surface area contributed by atoms with Crippen molar-refractivity contribution in [3.8, 4) is 0 Å². The van der Waals surface area contributed by atoms with Gasteiger partial charge >= 0.3 is 0 Å². The number of rotatable bonds is 4. The third kappa shape index (κ3) is 3.08. The molecule has 134 valence electrons. The Kier molecular flexibility index (Phi) is 4.21. The molecule has 3 heterocycles. The second-order valence-electron chi connectivity index (χ2n) is 6.28. The Morgan fingerprint density at radius 3 is 2.69 bits per heavy atom. The first-order chi connectivity index (χ1) is 12.6. The molecular formula is C17H18N6O3. The van der Waals surface area contributed by atoms with Gasteiger partial charge in [0.15, 0.2) is 5.82 Å². The lowest BCUT2D eigenvalue weighted by Gasteiger charge is -2.36. The molecule has 0 amide bonds. The number of aryl methyl sites for hydroxylation is 1. The van der Waals surface area contributed by atoms with Gasteiger partial charge in [0.25, 0.3) is 5.69 Å². The molecule has 0 unspecified atom stereocenters. The van der Waals surface area contributed by atoms with E-state index in [1.165, 1.54) is 0 Å². The van der Waals surface area contributed by atoms with E-state index in [1.807, 2.05) is 12.1 Å². The number of hydrogen-bond donors (Lipinski definition) is 0. The Bertz CT molecular complexity index is 949. The number of nitro benzene ring substituents is 1. The lowest BCUT2D eigenvalue weighted by molar-refractivity contribution is -0.383. The van der Waals surface area contributed by atoms with Crippen LogP contribution in [0.2, 0.25) is 0 Å². The summed E-state index contributed by atoms with van der Waals surface area (Å²) in [4.78, 5) is 23.7. The van der Waals surface area contributed by atoms with Gasteiger partial charge in [0, 0.05) is 62.6 Å². The average Bonchev–Trinajstić information content (AvgIpc) is 3.06. The standard InChI is InChI=1S/C17H18N6O3/c1-12-19-17(20-26-12)11-21-6-8-22(9-7-21)15-2-3-16(23(24)25)14-10-18-5-4-13(14)15/h2-5,10H,6-9,11H2,1H3. The predicted octanol–water partition coefficient (Wildman–Crippen LogP) is 2.16. The van der Waals surface area contributed by atoms with Gasteiger partial charge in [0.2, 0.25) is 5.89 Å². The summed E-state index contributed by atoms with van der Waals surface area (Å²) >= 11 is 0. The van der Waals surface area contributed by atoms with Gasteiger partial charge in [-0.05, 0) is 12.1 Å². The van der Waals surface area contributed by atoms with Crippen molar-refractivity contribution < 1.29 is 9.45 Å². The van der Waals surface area contributed by atoms with Crippen LogP contribution in [0.1, 0.15) is 11.7 Å². The molecule has 3 aromatic rings. The number of fused-ring (bicyclic) bond motifs is 1. The zero-order valence-electron chi connectivity index (χ0n) is 14.3. The molecule has 9 nitrogen and oxygen atoms in total. The molecule has 1 aromatic carbocycles. The molecule has 0 bridgehead atoms. The number of non-ortho nitro benzene ring substituents is 1. The highest BCUT2D eigenvalue weighted by Crippen LogP contribution is 2.33. The maximum atomic E-state index is 11.3. The smallest absolute Gasteiger partial charge is 0.278 e. The average molecular weight is 354 g/mol. The molecule has 0 atom stereocenters. The molecule has 4 rings (SSSR count). The summed E-state index contributed by atoms with van der Waals surface area (Å²) in [6, 6.07) is 5.23. The van der Waals surface area contributed by atoms with Crippen molar-refractivity contribution in [2.24, 2.45) is 0 Å². The molecule has 0 saturated carbocycles. The van der Waals surface area contributed by atoms with E-state index in [0.29, 0.717) is 23.6 Å². The highest BCUT2D eigenvalue weighted by Gasteiger charge is 2.22. The van der Waals surface area contributed by atoms with Crippen LogP contribution in [0.25, 0.3) is 10.8 Å². The summed E-state index contributed by atoms with van der Waals surface area (Å²) in [6.07, 6.45) is 3.23. The Hall–Kier alpha value is -3.07. The first-order valence-electron chi connectivity index (χ1n) is 8.39. The summed E-state index contributed by atoms with van der Waals surface area (Å²) in [5.41, 5.74) is 1.09. The molecule has 26 heavy (non-hydrogen) atoms. The molecular weight excluding hydrogens is 336 g/mol. The maximum absolute atomic E-state index is 11.3. The normalized spacial score (nSPS) is 15.5. The summed E-state index contributed by atoms with van der Waals surface area (Å²) < 4.78 is 5.02. The van der Waals surface area contributed by atoms with Gasteiger partial charge in [0.1, 0.15) is 0 Å². The van der Waals surface area contributed by atoms with Crippen LogP contribution in [-0.2, 0) is 6.54 Å². The third-order valence-corrected chi connectivity index (χ3v) is 4.62. The number of pyridine rings is 1. The first-order valence-corrected chi connectivity index (χ1v) is 8.39. The van der Waals surface area contributed by atoms with Crippen molar-refractivity contribution in [2.75, 3.05) is 31.1 Å². The monoisotopic (exact) mass is 354 g/mol. The SMILES string of the molecule is Cc1nc(CN2CCN(c3ccc([N+](=O)[O-])c4cnccc34)CC2)no1. The van der Waals surface area contributed by atoms with E-state index in [1.54, 1.807) is 25.4 Å². The number of aromatic nitrogens is 3. The number of nitrogens with zero attached hydrogens (tertiary/aromatic N) is 6. The predicted molar refractivity (Wildman–Crippen MR) is 94.9 cm³/mol. The van der Waals surface area contributed by atoms with Gasteiger partial charge in [0.05, 0.1) is 16.9 Å². The Balaban J connectivity index is 1.53. The Morgan fingerprint density at radius 2 is 2.00 bits per heavy atom. The van der Waals surface area contributed by atoms with Crippen LogP contribution < -0.4 is 4.90 Å². The van der Waals surface area contributed by atoms with E-state index in [0.717, 1.165) is 37.3 Å². The third-order valence-electron chi connectivity index (χ3n) is 4.62. The zero-order valence-corrected chi connectivity index (χ0v) is 14.3. The van der Waals surface area contributed by atoms with Crippen LogP contribution >= 0.6 is 0 Å². The van der Waals surface area contributed by atoms with E-state index >= 15 is 0 Å². The molecule has 0 radical (unpaired) electrons. The fourth-order valence-electron chi connectivity index (χ4n) is 3.35. The quantitative estimate of drug-likeness (QED) is 0.519. The summed E-state index contributed by atoms with van der Waals surface area (Å²) in [6.45, 7) is 5.81. The number of anilines is 1. The van der Waals surface area contributed by atoms with Gasteiger partial charge in [-0.15, -0.1) is 0 Å². The van der Waals surface area contributed by atoms with Crippen LogP contribution in [0.5, 0.6) is 0 Å². The Labute approximate surface area is 149 Å². The largest absolute Gasteiger partial charge is 0.368 e. The minimum Gasteiger partial charge on any atom is -0.368 e. The molecule has 0 aliphatic carbocycles. The first kappa shape index (κ1) is 16.4. The van der Waals surface area contributed by atoms with Crippen molar-refractivity contribution in [3.05, 3.63) is 52.4 Å². The molecule has 1 aliphatic heterocycles. The van der Waals surface area contributed by atoms with Gasteiger partial charge in [-0.1, -0.05) is 5.16 Å². The van der Waals surface area contributed by atoms with E-state index < -0.39 is 0 Å². The van der Waals surface area contributed by atoms with Gasteiger partial charge in [-0.2, -0.15) is 4.98 Å². The maximum Gasteiger partial charge on any atom is 0.278 e. The van der Waals surface area contributed by atoms with E-state index in [-0.39, 0.29) is 10.6 Å². The molecule has 1 saturated heterocycles. The Morgan fingerprint density at radius 1 is 1.19 bits per heavy atom. The number of hydrogen-bond acceptors (Lipinski definition) is 8. The van der Waals surface area contributed by atoms with Crippen LogP contribution in [0.15, 0.2) is 35.1 Å². The number of piperazine rings is 1. The minimum atomic E-state index is -0.362. The van der Waals surface area contributed by atoms with Gasteiger partial charge < -0.3 is 9.42 Å². The summed E-state index contributed by atoms with van der Waals surface area (Å²) in [5.74, 6) is 1.27. The van der Waals surface area contributed by atoms with Crippen molar-refractivity contribution >= 4 is 22.1 Å². The van der Waals surface area contributed by atoms with Gasteiger partial charge in [-0.25, -0.2) is 0 Å². The lowest BCUT2D eigenvalue weighted by atomic mass is 10.1. The number of nitro groups is 1. The number of benzene rings is 1. The second kappa shape index (κ2) is 6.68. The minimum absolute atomic E-state index is 0.0861. The van der Waals surface area contributed by atoms with E-state index in [9.17, 15) is 10.1 Å². The highest BCUT2D eigenvalue weighted by atomic mass is 16.6. The second-order valence-corrected chi connectivity index (χ2v) is 6.28. The van der Waals surface area contributed by atoms with Crippen LogP contribution in [0.3, 0.4) is 0 Å². The van der Waals surface area contributed by atoms with E-state index in [4.69, 9.17) is 4.52 Å². The molecule has 9 heteroatoms. The van der Waals surface area contributed by atoms with Gasteiger partial charge in [-0.3, -0.25) is 20.0 Å². The lowest BCUT2D eigenvalue weighted by Crippen LogP contribution is -2.46. The summed E-state index contributed by atoms with van der Waals surface area (Å²) in [7, 11) is 0. The van der Waals surface area contributed by atoms with Crippen LogP contribution in [-0.4, -0.2) is 51.1 Å². The topological polar surface area (TPSA) is 101 Å². The molecule has 1 fully saturated rings. The fraction of sp³-hybridized carbons (Fsp3) is 0.353. The van der Waals surface area contributed by atoms with Crippen molar-refractivity contribution in [3.63, 3.8) is 0 Å². The van der Waals surface area contributed by atoms with Crippen molar-refractivity contribution in [1.82, 2.24) is 20.0 Å². The molecule has 1 aliphatic rings. The summed E-state index contributed by atoms with van der Waals surface area (Å²) in [5, 5.41) is 16.6. The molecule has 0 N–H and O–H groups in total. The van der Waals surface area contributed by atoms with Crippen molar-refractivity contribution in [2.45, 2.75) is 13.5 Å². The van der Waals surface area contributed by atoms with E-state index in [2.05, 4.69) is 24.9 Å². The van der Waals surface area contributed by atoms with Crippen LogP contribution in [0.4, 0.5) is 11.4 Å². The highest BCUT2D eigenvalue weighted by molar-refractivity contribution is 5.99. The fourth-order valence-corrected chi connectivity index (χ4v) is 3.35. The zero-order chi connectivity index (χ0) is 18.1.